The fraction of sp³-hybridized carbons (Fsp3) is 0.619. The number of aromatic nitrogens is 5. The second kappa shape index (κ2) is 12.9. The number of aromatic amines is 1. The zero-order valence-corrected chi connectivity index (χ0v) is 31.4. The molecule has 0 radical (unpaired) electrons. The van der Waals surface area contributed by atoms with Gasteiger partial charge in [0.1, 0.15) is 30.3 Å². The van der Waals surface area contributed by atoms with E-state index in [0.29, 0.717) is 59.1 Å². The van der Waals surface area contributed by atoms with Crippen molar-refractivity contribution in [2.24, 2.45) is 41.0 Å². The first-order valence-corrected chi connectivity index (χ1v) is 19.8. The molecular weight excluding hydrogens is 671 g/mol. The second-order valence-corrected chi connectivity index (χ2v) is 17.7. The minimum Gasteiger partial charge on any atom is -0.491 e. The van der Waals surface area contributed by atoms with Crippen LogP contribution in [0.25, 0.3) is 10.8 Å². The van der Waals surface area contributed by atoms with Gasteiger partial charge in [0, 0.05) is 30.5 Å². The molecule has 3 heterocycles. The van der Waals surface area contributed by atoms with Crippen molar-refractivity contribution in [3.05, 3.63) is 76.0 Å². The first-order valence-electron chi connectivity index (χ1n) is 19.8. The van der Waals surface area contributed by atoms with Crippen LogP contribution in [0.3, 0.4) is 0 Å². The summed E-state index contributed by atoms with van der Waals surface area (Å²) in [5.41, 5.74) is 2.68. The van der Waals surface area contributed by atoms with E-state index in [1.54, 1.807) is 4.68 Å². The monoisotopic (exact) mass is 724 g/mol. The summed E-state index contributed by atoms with van der Waals surface area (Å²) in [4.78, 5) is 17.1. The van der Waals surface area contributed by atoms with Crippen LogP contribution in [0.2, 0.25) is 0 Å². The molecule has 53 heavy (non-hydrogen) atoms. The summed E-state index contributed by atoms with van der Waals surface area (Å²) >= 11 is 0. The molecule has 0 spiro atoms. The molecule has 11 heteroatoms. The summed E-state index contributed by atoms with van der Waals surface area (Å²) in [5.74, 6) is 2.94. The molecular formula is C42H53FN6O4. The molecule has 4 aliphatic carbocycles. The average molecular weight is 725 g/mol. The van der Waals surface area contributed by atoms with Gasteiger partial charge in [-0.25, -0.2) is 14.5 Å². The minimum absolute atomic E-state index is 0.110. The molecule has 0 unspecified atom stereocenters. The van der Waals surface area contributed by atoms with Crippen LogP contribution in [0.4, 0.5) is 10.1 Å². The predicted octanol–water partition coefficient (Wildman–Crippen LogP) is 7.24. The van der Waals surface area contributed by atoms with Gasteiger partial charge in [0.05, 0.1) is 35.9 Å². The standard InChI is InChI=1S/C42H53FN6O4/c1-40-15-16-42(3)32(10-7-25-19-27(50)13-14-41(25,42)2)31(40)11-12-34(40)53-18-17-52-28-8-5-24(6-9-28)37-30(22-35-44-23-45-49(35)4)38-36-29(39(51)48-47-38)20-26(43)21-33(36)46-37/h5-6,8-9,20-21,23,25,27,30-32,34,37,46,50H,7,10-19,22H2,1-4H3,(H,48,51)/t25-,27-,30+,31-,32-,34-,37+,40-,41-,42-/m0/s1. The number of aliphatic hydroxyl groups excluding tert-OH is 1. The number of ether oxygens (including phenoxy) is 2. The molecule has 1 aliphatic heterocycles. The van der Waals surface area contributed by atoms with Crippen molar-refractivity contribution in [2.75, 3.05) is 18.5 Å². The SMILES string of the molecule is Cn1ncnc1C[C@H]1c2n[nH]c(=O)c3cc(F)cc(c23)N[C@@H]1c1ccc(OCCO[C@H]2CC[C@H]3[C@@H]4CC[C@H]5C[C@@H](O)CC[C@]5(C)[C@@]4(C)CC[C@]23C)cc1. The van der Waals surface area contributed by atoms with Gasteiger partial charge in [0.2, 0.25) is 0 Å². The lowest BCUT2D eigenvalue weighted by Gasteiger charge is -2.66. The Morgan fingerprint density at radius 1 is 0.981 bits per heavy atom. The predicted molar refractivity (Wildman–Crippen MR) is 200 cm³/mol. The Morgan fingerprint density at radius 3 is 2.58 bits per heavy atom. The molecule has 0 saturated heterocycles. The normalized spacial score (nSPS) is 36.0. The number of hydrogen-bond acceptors (Lipinski definition) is 8. The maximum atomic E-state index is 14.7. The molecule has 5 aliphatic rings. The van der Waals surface area contributed by atoms with E-state index in [2.05, 4.69) is 46.4 Å². The highest BCUT2D eigenvalue weighted by Gasteiger charge is 2.65. The highest BCUT2D eigenvalue weighted by Crippen LogP contribution is 2.72. The Hall–Kier alpha value is -3.83. The smallest absolute Gasteiger partial charge is 0.272 e. The van der Waals surface area contributed by atoms with Crippen molar-refractivity contribution in [1.29, 1.82) is 0 Å². The lowest BCUT2D eigenvalue weighted by atomic mass is 9.38. The van der Waals surface area contributed by atoms with Crippen molar-refractivity contribution in [2.45, 2.75) is 109 Å². The number of nitrogens with zero attached hydrogens (tertiary/aromatic N) is 4. The maximum Gasteiger partial charge on any atom is 0.272 e. The molecule has 4 aromatic rings. The van der Waals surface area contributed by atoms with Crippen molar-refractivity contribution in [1.82, 2.24) is 25.0 Å². The fourth-order valence-electron chi connectivity index (χ4n) is 12.3. The first-order chi connectivity index (χ1) is 25.5. The molecule has 9 rings (SSSR count). The largest absolute Gasteiger partial charge is 0.491 e. The number of aryl methyl sites for hydroxylation is 1. The highest BCUT2D eigenvalue weighted by atomic mass is 19.1. The van der Waals surface area contributed by atoms with Crippen molar-refractivity contribution >= 4 is 16.5 Å². The van der Waals surface area contributed by atoms with Gasteiger partial charge in [-0.3, -0.25) is 9.48 Å². The van der Waals surface area contributed by atoms with E-state index in [1.165, 1.54) is 50.6 Å². The van der Waals surface area contributed by atoms with Crippen LogP contribution >= 0.6 is 0 Å². The Labute approximate surface area is 310 Å². The lowest BCUT2D eigenvalue weighted by molar-refractivity contribution is -0.192. The van der Waals surface area contributed by atoms with Crippen LogP contribution < -0.4 is 15.6 Å². The number of anilines is 1. The number of hydrogen-bond donors (Lipinski definition) is 3. The second-order valence-electron chi connectivity index (χ2n) is 17.7. The minimum atomic E-state index is -0.481. The summed E-state index contributed by atoms with van der Waals surface area (Å²) in [6, 6.07) is 10.5. The summed E-state index contributed by atoms with van der Waals surface area (Å²) < 4.78 is 29.4. The van der Waals surface area contributed by atoms with E-state index >= 15 is 0 Å². The van der Waals surface area contributed by atoms with Crippen LogP contribution in [0.1, 0.15) is 108 Å². The number of aliphatic hydroxyl groups is 1. The Balaban J connectivity index is 0.861. The molecule has 0 amide bonds. The number of nitrogens with one attached hydrogen (secondary N) is 2. The van der Waals surface area contributed by atoms with Crippen LogP contribution in [0, 0.1) is 39.8 Å². The van der Waals surface area contributed by atoms with Gasteiger partial charge in [-0.1, -0.05) is 32.9 Å². The summed E-state index contributed by atoms with van der Waals surface area (Å²) in [5, 5.41) is 26.3. The zero-order valence-electron chi connectivity index (χ0n) is 31.4. The van der Waals surface area contributed by atoms with Gasteiger partial charge in [-0.05, 0) is 122 Å². The van der Waals surface area contributed by atoms with Gasteiger partial charge < -0.3 is 19.9 Å². The van der Waals surface area contributed by atoms with E-state index in [0.717, 1.165) is 48.7 Å². The first kappa shape index (κ1) is 34.9. The molecule has 282 valence electrons. The van der Waals surface area contributed by atoms with E-state index in [1.807, 2.05) is 31.3 Å². The number of halogens is 1. The molecule has 4 fully saturated rings. The van der Waals surface area contributed by atoms with Crippen LogP contribution in [0.15, 0.2) is 47.5 Å². The van der Waals surface area contributed by atoms with Crippen LogP contribution in [-0.2, 0) is 18.2 Å². The Bertz CT molecular complexity index is 2070. The third-order valence-corrected chi connectivity index (χ3v) is 15.5. The van der Waals surface area contributed by atoms with E-state index in [4.69, 9.17) is 9.47 Å². The number of fused-ring (bicyclic) bond motifs is 5. The summed E-state index contributed by atoms with van der Waals surface area (Å²) in [6.07, 6.45) is 12.7. The average Bonchev–Trinajstić information content (AvgIpc) is 3.71. The van der Waals surface area contributed by atoms with E-state index < -0.39 is 11.4 Å². The Kier molecular flexibility index (Phi) is 8.49. The van der Waals surface area contributed by atoms with Crippen molar-refractivity contribution in [3.8, 4) is 5.75 Å². The third kappa shape index (κ3) is 5.54. The fourth-order valence-corrected chi connectivity index (χ4v) is 12.3. The molecule has 2 aromatic carbocycles. The molecule has 2 aromatic heterocycles. The molecule has 10 nitrogen and oxygen atoms in total. The van der Waals surface area contributed by atoms with Gasteiger partial charge in [0.15, 0.2) is 0 Å². The van der Waals surface area contributed by atoms with Crippen molar-refractivity contribution in [3.63, 3.8) is 0 Å². The van der Waals surface area contributed by atoms with Gasteiger partial charge in [0.25, 0.3) is 5.56 Å². The molecule has 4 saturated carbocycles. The summed E-state index contributed by atoms with van der Waals surface area (Å²) in [7, 11) is 1.86. The quantitative estimate of drug-likeness (QED) is 0.162. The van der Waals surface area contributed by atoms with Gasteiger partial charge in [-0.15, -0.1) is 0 Å². The molecule has 0 bridgehead atoms. The van der Waals surface area contributed by atoms with Crippen LogP contribution in [0.5, 0.6) is 5.75 Å². The number of benzene rings is 2. The lowest BCUT2D eigenvalue weighted by Crippen LogP contribution is -2.60. The van der Waals surface area contributed by atoms with E-state index in [-0.39, 0.29) is 35.0 Å². The molecule has 10 atom stereocenters. The maximum absolute atomic E-state index is 14.7. The molecule has 3 N–H and O–H groups in total. The number of rotatable bonds is 8. The zero-order chi connectivity index (χ0) is 36.7. The number of H-pyrrole nitrogens is 1. The third-order valence-electron chi connectivity index (χ3n) is 15.5. The summed E-state index contributed by atoms with van der Waals surface area (Å²) in [6.45, 7) is 8.70. The van der Waals surface area contributed by atoms with E-state index in [9.17, 15) is 14.3 Å². The van der Waals surface area contributed by atoms with Crippen LogP contribution in [-0.4, -0.2) is 55.5 Å². The van der Waals surface area contributed by atoms with Gasteiger partial charge >= 0.3 is 0 Å². The van der Waals surface area contributed by atoms with Crippen molar-refractivity contribution < 1.29 is 19.0 Å². The Morgan fingerprint density at radius 2 is 1.79 bits per heavy atom. The topological polar surface area (TPSA) is 127 Å². The highest BCUT2D eigenvalue weighted by molar-refractivity contribution is 5.97. The van der Waals surface area contributed by atoms with Gasteiger partial charge in [-0.2, -0.15) is 10.2 Å².